The number of rotatable bonds is 6. The van der Waals surface area contributed by atoms with Gasteiger partial charge in [-0.2, -0.15) is 0 Å². The number of imide groups is 1. The number of ketones is 1. The van der Waals surface area contributed by atoms with E-state index in [1.165, 1.54) is 13.0 Å². The molecule has 196 valence electrons. The molecule has 1 N–H and O–H groups in total. The lowest BCUT2D eigenvalue weighted by atomic mass is 9.92. The van der Waals surface area contributed by atoms with Crippen molar-refractivity contribution in [3.63, 3.8) is 0 Å². The molecule has 0 saturated carbocycles. The smallest absolute Gasteiger partial charge is 0.229 e. The number of alkyl halides is 1. The number of aryl methyl sites for hydroxylation is 1. The third-order valence-electron chi connectivity index (χ3n) is 6.15. The van der Waals surface area contributed by atoms with Crippen molar-refractivity contribution >= 4 is 17.6 Å². The molecule has 0 spiro atoms. The molecule has 0 bridgehead atoms. The third-order valence-corrected chi connectivity index (χ3v) is 6.15. The largest absolute Gasteiger partial charge is 0.437 e. The Morgan fingerprint density at radius 2 is 1.84 bits per heavy atom. The number of amides is 2. The molecule has 37 heavy (non-hydrogen) atoms. The first-order chi connectivity index (χ1) is 17.5. The summed E-state index contributed by atoms with van der Waals surface area (Å²) in [6, 6.07) is 12.0. The second kappa shape index (κ2) is 12.0. The molecule has 2 heterocycles. The van der Waals surface area contributed by atoms with E-state index in [0.717, 1.165) is 5.56 Å². The predicted octanol–water partition coefficient (Wildman–Crippen LogP) is 6.64. The summed E-state index contributed by atoms with van der Waals surface area (Å²) in [6.07, 6.45) is 0.329. The van der Waals surface area contributed by atoms with Crippen molar-refractivity contribution < 1.29 is 27.6 Å². The van der Waals surface area contributed by atoms with E-state index in [9.17, 15) is 18.8 Å². The van der Waals surface area contributed by atoms with Crippen LogP contribution in [0.1, 0.15) is 75.4 Å². The van der Waals surface area contributed by atoms with Crippen molar-refractivity contribution in [2.24, 2.45) is 11.8 Å². The molecule has 6 nitrogen and oxygen atoms in total. The van der Waals surface area contributed by atoms with Gasteiger partial charge in [-0.15, -0.1) is 0 Å². The van der Waals surface area contributed by atoms with Crippen LogP contribution in [0.15, 0.2) is 46.9 Å². The van der Waals surface area contributed by atoms with Gasteiger partial charge < -0.3 is 4.42 Å². The lowest BCUT2D eigenvalue weighted by Crippen LogP contribution is -2.39. The molecule has 4 rings (SSSR count). The molecule has 2 aromatic carbocycles. The van der Waals surface area contributed by atoms with Crippen molar-refractivity contribution in [1.29, 1.82) is 0 Å². The number of carbonyl (C=O) groups excluding carboxylic acids is 3. The minimum absolute atomic E-state index is 0.0164. The van der Waals surface area contributed by atoms with Crippen molar-refractivity contribution in [3.8, 4) is 22.6 Å². The van der Waals surface area contributed by atoms with Gasteiger partial charge in [0.15, 0.2) is 17.7 Å². The van der Waals surface area contributed by atoms with Crippen LogP contribution in [0.3, 0.4) is 0 Å². The molecule has 0 radical (unpaired) electrons. The average Bonchev–Trinajstić information content (AvgIpc) is 3.32. The summed E-state index contributed by atoms with van der Waals surface area (Å²) in [5.74, 6) is -0.973. The van der Waals surface area contributed by atoms with Gasteiger partial charge in [-0.25, -0.2) is 13.8 Å². The van der Waals surface area contributed by atoms with Crippen molar-refractivity contribution in [2.45, 2.75) is 60.1 Å². The zero-order valence-electron chi connectivity index (χ0n) is 21.7. The highest BCUT2D eigenvalue weighted by atomic mass is 19.1. The number of nitrogens with zero attached hydrogens (tertiary/aromatic N) is 1. The van der Waals surface area contributed by atoms with Gasteiger partial charge >= 0.3 is 0 Å². The summed E-state index contributed by atoms with van der Waals surface area (Å²) < 4.78 is 34.6. The molecule has 1 aliphatic heterocycles. The number of carbonyl (C=O) groups is 3. The van der Waals surface area contributed by atoms with Crippen LogP contribution in [0.4, 0.5) is 8.78 Å². The van der Waals surface area contributed by atoms with Crippen LogP contribution in [-0.4, -0.2) is 22.6 Å². The first-order valence-electron chi connectivity index (χ1n) is 12.4. The summed E-state index contributed by atoms with van der Waals surface area (Å²) in [6.45, 7) is 8.62. The van der Waals surface area contributed by atoms with E-state index in [-0.39, 0.29) is 46.6 Å². The molecule has 0 aliphatic carbocycles. The lowest BCUT2D eigenvalue weighted by Gasteiger charge is -2.15. The molecule has 8 heteroatoms. The fourth-order valence-electron chi connectivity index (χ4n) is 3.91. The maximum absolute atomic E-state index is 15.1. The molecular weight excluding hydrogens is 478 g/mol. The summed E-state index contributed by atoms with van der Waals surface area (Å²) in [4.78, 5) is 37.9. The van der Waals surface area contributed by atoms with Crippen LogP contribution < -0.4 is 5.32 Å². The van der Waals surface area contributed by atoms with E-state index < -0.39 is 12.0 Å². The second-order valence-electron chi connectivity index (χ2n) is 9.43. The number of Topliss-reactive ketones (excluding diaryl/α,β-unsaturated/α-hetero) is 1. The standard InChI is InChI=1S/C23H23F2NO2.C6H9NO2/c1-5-15-11-18(19(25)12-17(15)21(27)13(2)3)20-22(16-9-7-6-8-10-16)28-23(26-20)14(4)24;1-4-2-3-5(8)7-6(4)9/h6-14H,5H2,1-4H3;4H,2-3H2,1H3,(H,7,8,9). The highest BCUT2D eigenvalue weighted by Gasteiger charge is 2.25. The highest BCUT2D eigenvalue weighted by molar-refractivity contribution is 5.99. The number of hydrogen-bond acceptors (Lipinski definition) is 5. The lowest BCUT2D eigenvalue weighted by molar-refractivity contribution is -0.135. The molecule has 1 aromatic heterocycles. The monoisotopic (exact) mass is 510 g/mol. The number of piperidine rings is 1. The zero-order valence-corrected chi connectivity index (χ0v) is 21.7. The average molecular weight is 511 g/mol. The highest BCUT2D eigenvalue weighted by Crippen LogP contribution is 2.37. The van der Waals surface area contributed by atoms with E-state index in [1.807, 2.05) is 32.0 Å². The van der Waals surface area contributed by atoms with Crippen LogP contribution >= 0.6 is 0 Å². The zero-order chi connectivity index (χ0) is 27.3. The maximum atomic E-state index is 15.1. The van der Waals surface area contributed by atoms with Crippen LogP contribution in [-0.2, 0) is 16.0 Å². The molecule has 1 saturated heterocycles. The van der Waals surface area contributed by atoms with Crippen LogP contribution in [0.2, 0.25) is 0 Å². The Balaban J connectivity index is 0.000000356. The van der Waals surface area contributed by atoms with E-state index in [4.69, 9.17) is 4.42 Å². The Morgan fingerprint density at radius 3 is 2.38 bits per heavy atom. The van der Waals surface area contributed by atoms with Gasteiger partial charge in [-0.3, -0.25) is 19.7 Å². The number of oxazole rings is 1. The number of nitrogens with one attached hydrogen (secondary N) is 1. The molecular formula is C29H32F2N2O4. The fraction of sp³-hybridized carbons (Fsp3) is 0.379. The minimum Gasteiger partial charge on any atom is -0.437 e. The summed E-state index contributed by atoms with van der Waals surface area (Å²) in [5, 5.41) is 2.25. The van der Waals surface area contributed by atoms with Gasteiger partial charge in [0.1, 0.15) is 11.5 Å². The van der Waals surface area contributed by atoms with E-state index in [0.29, 0.717) is 36.1 Å². The molecule has 3 aromatic rings. The van der Waals surface area contributed by atoms with Crippen LogP contribution in [0, 0.1) is 17.7 Å². The normalized spacial score (nSPS) is 16.2. The van der Waals surface area contributed by atoms with Gasteiger partial charge in [0.25, 0.3) is 0 Å². The Labute approximate surface area is 215 Å². The second-order valence-corrected chi connectivity index (χ2v) is 9.43. The third kappa shape index (κ3) is 6.56. The Kier molecular flexibility index (Phi) is 9.08. The summed E-state index contributed by atoms with van der Waals surface area (Å²) in [7, 11) is 0. The van der Waals surface area contributed by atoms with E-state index >= 15 is 4.39 Å². The van der Waals surface area contributed by atoms with Crippen molar-refractivity contribution in [1.82, 2.24) is 10.3 Å². The summed E-state index contributed by atoms with van der Waals surface area (Å²) >= 11 is 0. The fourth-order valence-corrected chi connectivity index (χ4v) is 3.91. The SMILES string of the molecule is CC1CCC(=O)NC1=O.CCc1cc(-c2nc(C(C)F)oc2-c2ccccc2)c(F)cc1C(=O)C(C)C. The maximum Gasteiger partial charge on any atom is 0.229 e. The number of hydrogen-bond donors (Lipinski definition) is 1. The van der Waals surface area contributed by atoms with Gasteiger partial charge in [0.2, 0.25) is 17.7 Å². The topological polar surface area (TPSA) is 89.3 Å². The molecule has 1 fully saturated rings. The molecule has 2 amide bonds. The Morgan fingerprint density at radius 1 is 1.16 bits per heavy atom. The number of aromatic nitrogens is 1. The van der Waals surface area contributed by atoms with Gasteiger partial charge in [0, 0.05) is 34.9 Å². The Hall–Kier alpha value is -3.68. The van der Waals surface area contributed by atoms with Crippen molar-refractivity contribution in [2.75, 3.05) is 0 Å². The first kappa shape index (κ1) is 27.9. The molecule has 2 unspecified atom stereocenters. The van der Waals surface area contributed by atoms with E-state index in [2.05, 4.69) is 10.3 Å². The molecule has 2 atom stereocenters. The summed E-state index contributed by atoms with van der Waals surface area (Å²) in [5.41, 5.74) is 2.22. The van der Waals surface area contributed by atoms with Crippen molar-refractivity contribution in [3.05, 3.63) is 65.3 Å². The predicted molar refractivity (Wildman–Crippen MR) is 137 cm³/mol. The quantitative estimate of drug-likeness (QED) is 0.297. The molecule has 1 aliphatic rings. The first-order valence-corrected chi connectivity index (χ1v) is 12.4. The van der Waals surface area contributed by atoms with Crippen LogP contribution in [0.25, 0.3) is 22.6 Å². The van der Waals surface area contributed by atoms with E-state index in [1.54, 1.807) is 32.0 Å². The number of halogens is 2. The van der Waals surface area contributed by atoms with Gasteiger partial charge in [0.05, 0.1) is 0 Å². The van der Waals surface area contributed by atoms with Gasteiger partial charge in [-0.1, -0.05) is 58.0 Å². The Bertz CT molecular complexity index is 1280. The van der Waals surface area contributed by atoms with Gasteiger partial charge in [-0.05, 0) is 37.5 Å². The minimum atomic E-state index is -1.42. The van der Waals surface area contributed by atoms with Crippen LogP contribution in [0.5, 0.6) is 0 Å². The number of benzene rings is 2.